The highest BCUT2D eigenvalue weighted by atomic mass is 19.4. The number of nitrogens with one attached hydrogen (secondary N) is 2. The number of aromatic nitrogens is 1. The topological polar surface area (TPSA) is 74.4 Å². The van der Waals surface area contributed by atoms with Gasteiger partial charge in [0.05, 0.1) is 16.7 Å². The summed E-state index contributed by atoms with van der Waals surface area (Å²) in [5.74, 6) is -2.04. The van der Waals surface area contributed by atoms with Crippen LogP contribution in [0.4, 0.5) is 26.3 Å². The van der Waals surface area contributed by atoms with Crippen LogP contribution >= 0.6 is 0 Å². The smallest absolute Gasteiger partial charge is 0.418 e. The van der Waals surface area contributed by atoms with Crippen LogP contribution in [-0.2, 0) is 23.6 Å². The summed E-state index contributed by atoms with van der Waals surface area (Å²) in [6, 6.07) is 12.7. The molecule has 2 aromatic carbocycles. The second-order valence-corrected chi connectivity index (χ2v) is 8.74. The summed E-state index contributed by atoms with van der Waals surface area (Å²) in [7, 11) is 0. The van der Waals surface area contributed by atoms with E-state index in [1.165, 1.54) is 0 Å². The Morgan fingerprint density at radius 2 is 1.63 bits per heavy atom. The minimum absolute atomic E-state index is 0.0806. The monoisotopic (exact) mass is 539 g/mol. The molecule has 0 saturated carbocycles. The van der Waals surface area contributed by atoms with E-state index in [2.05, 4.69) is 10.3 Å². The molecule has 1 aliphatic heterocycles. The van der Waals surface area contributed by atoms with Gasteiger partial charge in [0.2, 0.25) is 0 Å². The number of carbonyl (C=O) groups excluding carboxylic acids is 2. The van der Waals surface area contributed by atoms with Gasteiger partial charge in [0, 0.05) is 31.9 Å². The van der Waals surface area contributed by atoms with Crippen LogP contribution in [0.1, 0.15) is 39.9 Å². The van der Waals surface area contributed by atoms with Crippen LogP contribution in [0.15, 0.2) is 67.0 Å². The molecule has 4 rings (SSSR count). The van der Waals surface area contributed by atoms with Gasteiger partial charge in [-0.2, -0.15) is 26.3 Å². The Kier molecular flexibility index (Phi) is 7.43. The lowest BCUT2D eigenvalue weighted by molar-refractivity contribution is -0.148. The number of likely N-dealkylation sites (tertiary alicyclic amines) is 1. The Hall–Kier alpha value is -3.96. The third-order valence-corrected chi connectivity index (χ3v) is 6.23. The summed E-state index contributed by atoms with van der Waals surface area (Å²) in [6.07, 6.45) is -7.36. The molecule has 2 amide bonds. The van der Waals surface area contributed by atoms with E-state index in [9.17, 15) is 35.9 Å². The van der Waals surface area contributed by atoms with Gasteiger partial charge in [-0.3, -0.25) is 14.5 Å². The molecule has 38 heavy (non-hydrogen) atoms. The summed E-state index contributed by atoms with van der Waals surface area (Å²) in [5, 5.41) is 2.68. The highest BCUT2D eigenvalue weighted by molar-refractivity contribution is 6.00. The fraction of sp³-hybridized carbons (Fsp3) is 0.308. The number of ether oxygens (including phenoxy) is 1. The molecule has 1 aliphatic rings. The Morgan fingerprint density at radius 3 is 2.26 bits per heavy atom. The number of carbonyl (C=O) groups is 2. The summed E-state index contributed by atoms with van der Waals surface area (Å²) >= 11 is 0. The zero-order valence-electron chi connectivity index (χ0n) is 19.8. The molecule has 0 radical (unpaired) electrons. The van der Waals surface area contributed by atoms with Gasteiger partial charge in [-0.05, 0) is 42.7 Å². The van der Waals surface area contributed by atoms with E-state index in [-0.39, 0.29) is 31.7 Å². The first-order valence-electron chi connectivity index (χ1n) is 11.7. The average molecular weight is 539 g/mol. The number of hydrogen-bond donors (Lipinski definition) is 2. The highest BCUT2D eigenvalue weighted by Crippen LogP contribution is 2.38. The van der Waals surface area contributed by atoms with E-state index in [0.29, 0.717) is 12.6 Å². The van der Waals surface area contributed by atoms with Gasteiger partial charge < -0.3 is 15.0 Å². The van der Waals surface area contributed by atoms with Crippen LogP contribution in [-0.4, -0.2) is 40.5 Å². The van der Waals surface area contributed by atoms with Crippen LogP contribution in [0, 0.1) is 0 Å². The third kappa shape index (κ3) is 5.63. The Bertz CT molecular complexity index is 1270. The van der Waals surface area contributed by atoms with Gasteiger partial charge in [0.1, 0.15) is 5.75 Å². The first-order chi connectivity index (χ1) is 17.9. The van der Waals surface area contributed by atoms with E-state index >= 15 is 0 Å². The number of alkyl halides is 6. The molecule has 0 spiro atoms. The number of hydrogen-bond acceptors (Lipinski definition) is 3. The van der Waals surface area contributed by atoms with Crippen molar-refractivity contribution in [3.05, 3.63) is 89.2 Å². The van der Waals surface area contributed by atoms with Crippen molar-refractivity contribution in [2.45, 2.75) is 37.3 Å². The van der Waals surface area contributed by atoms with Crippen molar-refractivity contribution < 1.29 is 40.7 Å². The third-order valence-electron chi connectivity index (χ3n) is 6.23. The summed E-state index contributed by atoms with van der Waals surface area (Å²) < 4.78 is 85.4. The van der Waals surface area contributed by atoms with Crippen molar-refractivity contribution in [1.29, 1.82) is 0 Å². The molecule has 1 aromatic heterocycles. The molecule has 202 valence electrons. The lowest BCUT2D eigenvalue weighted by Gasteiger charge is -2.37. The molecule has 6 nitrogen and oxygen atoms in total. The SMILES string of the molecule is O=C(c1c[nH]cc1C(F)(F)F)N1CCCC1(Oc1ccc(C(F)(F)F)cc1)C(=O)NCCc1ccccc1. The summed E-state index contributed by atoms with van der Waals surface area (Å²) in [5.41, 5.74) is -4.02. The maximum absolute atomic E-state index is 13.5. The minimum Gasteiger partial charge on any atom is -0.458 e. The number of amides is 2. The minimum atomic E-state index is -4.83. The molecule has 0 bridgehead atoms. The maximum Gasteiger partial charge on any atom is 0.418 e. The normalized spacial score (nSPS) is 17.9. The standard InChI is InChI=1S/C26H23F6N3O3/c27-25(28,29)18-7-9-19(10-8-18)38-24(23(37)34-13-11-17-5-2-1-3-6-17)12-4-14-35(24)22(36)20-15-33-16-21(20)26(30,31)32/h1-3,5-10,15-16,33H,4,11-14H2,(H,34,37). The van der Waals surface area contributed by atoms with E-state index in [0.717, 1.165) is 40.9 Å². The van der Waals surface area contributed by atoms with Crippen LogP contribution in [0.5, 0.6) is 5.75 Å². The van der Waals surface area contributed by atoms with Crippen LogP contribution in [0.2, 0.25) is 0 Å². The zero-order chi connectivity index (χ0) is 27.6. The largest absolute Gasteiger partial charge is 0.458 e. The molecule has 0 aliphatic carbocycles. The number of aromatic amines is 1. The summed E-state index contributed by atoms with van der Waals surface area (Å²) in [6.45, 7) is 0.0228. The Morgan fingerprint density at radius 1 is 0.947 bits per heavy atom. The predicted molar refractivity (Wildman–Crippen MR) is 124 cm³/mol. The van der Waals surface area contributed by atoms with Gasteiger partial charge >= 0.3 is 12.4 Å². The lowest BCUT2D eigenvalue weighted by Crippen LogP contribution is -2.61. The van der Waals surface area contributed by atoms with Gasteiger partial charge in [-0.15, -0.1) is 0 Å². The van der Waals surface area contributed by atoms with Gasteiger partial charge in [-0.25, -0.2) is 0 Å². The molecule has 2 heterocycles. The van der Waals surface area contributed by atoms with E-state index in [1.54, 1.807) is 0 Å². The van der Waals surface area contributed by atoms with Crippen molar-refractivity contribution in [2.75, 3.05) is 13.1 Å². The van der Waals surface area contributed by atoms with Crippen molar-refractivity contribution in [3.63, 3.8) is 0 Å². The van der Waals surface area contributed by atoms with Crippen molar-refractivity contribution in [2.24, 2.45) is 0 Å². The Balaban J connectivity index is 1.65. The number of benzene rings is 2. The second-order valence-electron chi connectivity index (χ2n) is 8.74. The number of rotatable bonds is 7. The van der Waals surface area contributed by atoms with Crippen LogP contribution in [0.25, 0.3) is 0 Å². The van der Waals surface area contributed by atoms with Crippen molar-refractivity contribution >= 4 is 11.8 Å². The molecule has 3 aromatic rings. The Labute approximate surface area is 213 Å². The van der Waals surface area contributed by atoms with E-state index < -0.39 is 46.6 Å². The number of halogens is 6. The molecule has 1 fully saturated rings. The average Bonchev–Trinajstić information content (AvgIpc) is 3.52. The van der Waals surface area contributed by atoms with Crippen molar-refractivity contribution in [1.82, 2.24) is 15.2 Å². The van der Waals surface area contributed by atoms with Crippen LogP contribution < -0.4 is 10.1 Å². The first-order valence-corrected chi connectivity index (χ1v) is 11.7. The molecular weight excluding hydrogens is 516 g/mol. The van der Waals surface area contributed by atoms with Gasteiger partial charge in [0.25, 0.3) is 17.5 Å². The highest BCUT2D eigenvalue weighted by Gasteiger charge is 2.53. The van der Waals surface area contributed by atoms with Gasteiger partial charge in [-0.1, -0.05) is 30.3 Å². The second kappa shape index (κ2) is 10.4. The number of nitrogens with zero attached hydrogens (tertiary/aromatic N) is 1. The molecule has 1 saturated heterocycles. The van der Waals surface area contributed by atoms with Gasteiger partial charge in [0.15, 0.2) is 0 Å². The summed E-state index contributed by atoms with van der Waals surface area (Å²) in [4.78, 5) is 30.1. The zero-order valence-corrected chi connectivity index (χ0v) is 19.8. The maximum atomic E-state index is 13.5. The molecule has 1 unspecified atom stereocenters. The fourth-order valence-corrected chi connectivity index (χ4v) is 4.38. The lowest BCUT2D eigenvalue weighted by atomic mass is 10.1. The fourth-order valence-electron chi connectivity index (χ4n) is 4.38. The molecule has 12 heteroatoms. The van der Waals surface area contributed by atoms with Crippen LogP contribution in [0.3, 0.4) is 0 Å². The van der Waals surface area contributed by atoms with E-state index in [4.69, 9.17) is 4.74 Å². The number of H-pyrrole nitrogens is 1. The first kappa shape index (κ1) is 27.1. The molecule has 2 N–H and O–H groups in total. The molecular formula is C26H23F6N3O3. The quantitative estimate of drug-likeness (QED) is 0.394. The van der Waals surface area contributed by atoms with Crippen molar-refractivity contribution in [3.8, 4) is 5.75 Å². The van der Waals surface area contributed by atoms with E-state index in [1.807, 2.05) is 30.3 Å². The predicted octanol–water partition coefficient (Wildman–Crippen LogP) is 5.42. The molecule has 1 atom stereocenters.